The first-order chi connectivity index (χ1) is 11.7. The van der Waals surface area contributed by atoms with E-state index < -0.39 is 6.04 Å². The number of benzene rings is 1. The second kappa shape index (κ2) is 7.35. The molecule has 24 heavy (non-hydrogen) atoms. The van der Waals surface area contributed by atoms with E-state index in [0.717, 1.165) is 5.69 Å². The van der Waals surface area contributed by atoms with Crippen molar-refractivity contribution in [3.8, 4) is 0 Å². The molecule has 0 atom stereocenters. The predicted octanol–water partition coefficient (Wildman–Crippen LogP) is 1.58. The molecule has 9 heteroatoms. The molecule has 0 saturated carbocycles. The van der Waals surface area contributed by atoms with Crippen LogP contribution in [-0.2, 0) is 0 Å². The maximum absolute atomic E-state index is 9.15. The van der Waals surface area contributed by atoms with Crippen molar-refractivity contribution >= 4 is 40.1 Å². The second-order valence-corrected chi connectivity index (χ2v) is 5.43. The zero-order valence-corrected chi connectivity index (χ0v) is 13.3. The second-order valence-electron chi connectivity index (χ2n) is 4.99. The molecule has 3 aromatic rings. The van der Waals surface area contributed by atoms with Crippen molar-refractivity contribution in [3.05, 3.63) is 41.8 Å². The first-order valence-corrected chi connectivity index (χ1v) is 7.56. The van der Waals surface area contributed by atoms with Crippen LogP contribution >= 0.6 is 11.6 Å². The summed E-state index contributed by atoms with van der Waals surface area (Å²) < 4.78 is 0. The topological polar surface area (TPSA) is 116 Å². The number of nitrogens with one attached hydrogen (secondary N) is 2. The lowest BCUT2D eigenvalue weighted by molar-refractivity contribution is 0.203. The van der Waals surface area contributed by atoms with E-state index in [1.54, 1.807) is 18.3 Å². The third kappa shape index (κ3) is 3.67. The predicted molar refractivity (Wildman–Crippen MR) is 91.4 cm³/mol. The molecule has 3 rings (SSSR count). The monoisotopic (exact) mass is 346 g/mol. The van der Waals surface area contributed by atoms with Gasteiger partial charge in [0.05, 0.1) is 25.5 Å². The Morgan fingerprint density at radius 3 is 2.71 bits per heavy atom. The molecule has 2 aromatic heterocycles. The average molecular weight is 347 g/mol. The molecule has 1 aromatic carbocycles. The third-order valence-corrected chi connectivity index (χ3v) is 3.47. The number of halogens is 1. The zero-order chi connectivity index (χ0) is 16.9. The van der Waals surface area contributed by atoms with Crippen LogP contribution in [0.5, 0.6) is 0 Å². The fourth-order valence-electron chi connectivity index (χ4n) is 2.05. The number of aromatic nitrogens is 4. The van der Waals surface area contributed by atoms with Crippen molar-refractivity contribution in [3.63, 3.8) is 0 Å². The highest BCUT2D eigenvalue weighted by atomic mass is 35.5. The minimum atomic E-state index is -0.545. The standard InChI is InChI=1S/C15H15ClN6O2/c16-9-2-1-3-10(4-9)20-14-13-12(18-8-19-14)5-17-15(22-13)21-11(6-23)7-24/h1-5,8,11,23-24H,6-7H2,(H,17,21,22)(H,18,19,20). The lowest BCUT2D eigenvalue weighted by atomic mass is 10.3. The van der Waals surface area contributed by atoms with Gasteiger partial charge in [-0.25, -0.2) is 19.9 Å². The van der Waals surface area contributed by atoms with Crippen molar-refractivity contribution in [2.45, 2.75) is 6.04 Å². The number of hydrogen-bond donors (Lipinski definition) is 4. The van der Waals surface area contributed by atoms with Crippen molar-refractivity contribution in [2.75, 3.05) is 23.8 Å². The molecule has 0 bridgehead atoms. The molecule has 0 aliphatic carbocycles. The van der Waals surface area contributed by atoms with Crippen LogP contribution in [0.25, 0.3) is 11.0 Å². The Bertz CT molecular complexity index is 843. The minimum absolute atomic E-state index is 0.239. The Labute approximate surface area is 142 Å². The van der Waals surface area contributed by atoms with E-state index in [0.29, 0.717) is 21.9 Å². The Kier molecular flexibility index (Phi) is 4.99. The molecule has 0 saturated heterocycles. The van der Waals surface area contributed by atoms with Gasteiger partial charge in [0.15, 0.2) is 5.82 Å². The summed E-state index contributed by atoms with van der Waals surface area (Å²) in [5.74, 6) is 0.761. The van der Waals surface area contributed by atoms with Crippen LogP contribution in [0.1, 0.15) is 0 Å². The molecule has 0 unspecified atom stereocenters. The molecular formula is C15H15ClN6O2. The first kappa shape index (κ1) is 16.3. The molecule has 0 radical (unpaired) electrons. The number of anilines is 3. The summed E-state index contributed by atoms with van der Waals surface area (Å²) in [6.45, 7) is -0.479. The summed E-state index contributed by atoms with van der Waals surface area (Å²) in [6.07, 6.45) is 2.96. The number of fused-ring (bicyclic) bond motifs is 1. The van der Waals surface area contributed by atoms with Crippen molar-refractivity contribution in [1.82, 2.24) is 19.9 Å². The lowest BCUT2D eigenvalue weighted by Crippen LogP contribution is -2.28. The summed E-state index contributed by atoms with van der Waals surface area (Å²) >= 11 is 5.99. The van der Waals surface area contributed by atoms with Gasteiger partial charge >= 0.3 is 0 Å². The van der Waals surface area contributed by atoms with E-state index >= 15 is 0 Å². The van der Waals surface area contributed by atoms with E-state index in [1.807, 2.05) is 12.1 Å². The molecule has 0 aliphatic heterocycles. The number of rotatable bonds is 6. The van der Waals surface area contributed by atoms with Gasteiger partial charge in [-0.1, -0.05) is 17.7 Å². The molecule has 0 fully saturated rings. The number of aliphatic hydroxyl groups excluding tert-OH is 2. The Morgan fingerprint density at radius 1 is 1.12 bits per heavy atom. The Hall–Kier alpha value is -2.55. The Balaban J connectivity index is 1.95. The smallest absolute Gasteiger partial charge is 0.223 e. The van der Waals surface area contributed by atoms with Gasteiger partial charge in [-0.3, -0.25) is 0 Å². The minimum Gasteiger partial charge on any atom is -0.394 e. The van der Waals surface area contributed by atoms with Gasteiger partial charge in [-0.05, 0) is 18.2 Å². The molecule has 2 heterocycles. The number of hydrogen-bond acceptors (Lipinski definition) is 8. The van der Waals surface area contributed by atoms with Crippen LogP contribution in [0.3, 0.4) is 0 Å². The van der Waals surface area contributed by atoms with Gasteiger partial charge in [0.2, 0.25) is 5.95 Å². The highest BCUT2D eigenvalue weighted by Crippen LogP contribution is 2.23. The van der Waals surface area contributed by atoms with Gasteiger partial charge in [-0.15, -0.1) is 0 Å². The SMILES string of the molecule is OCC(CO)Nc1ncc2ncnc(Nc3cccc(Cl)c3)c2n1. The first-order valence-electron chi connectivity index (χ1n) is 7.18. The molecule has 8 nitrogen and oxygen atoms in total. The fraction of sp³-hybridized carbons (Fsp3) is 0.200. The summed E-state index contributed by atoms with van der Waals surface area (Å²) in [5, 5.41) is 24.9. The average Bonchev–Trinajstić information content (AvgIpc) is 2.60. The number of aliphatic hydroxyl groups is 2. The molecular weight excluding hydrogens is 332 g/mol. The van der Waals surface area contributed by atoms with Crippen LogP contribution in [0, 0.1) is 0 Å². The van der Waals surface area contributed by atoms with Gasteiger partial charge in [0.1, 0.15) is 17.4 Å². The summed E-state index contributed by atoms with van der Waals surface area (Å²) in [6, 6.07) is 6.68. The van der Waals surface area contributed by atoms with Crippen molar-refractivity contribution in [2.24, 2.45) is 0 Å². The van der Waals surface area contributed by atoms with Gasteiger partial charge < -0.3 is 20.8 Å². The molecule has 4 N–H and O–H groups in total. The largest absolute Gasteiger partial charge is 0.394 e. The van der Waals surface area contributed by atoms with Crippen LogP contribution < -0.4 is 10.6 Å². The van der Waals surface area contributed by atoms with E-state index in [1.165, 1.54) is 6.33 Å². The van der Waals surface area contributed by atoms with E-state index in [-0.39, 0.29) is 19.2 Å². The third-order valence-electron chi connectivity index (χ3n) is 3.24. The van der Waals surface area contributed by atoms with Crippen LogP contribution in [0.4, 0.5) is 17.5 Å². The highest BCUT2D eigenvalue weighted by Gasteiger charge is 2.11. The summed E-state index contributed by atoms with van der Waals surface area (Å²) in [7, 11) is 0. The molecule has 0 amide bonds. The Morgan fingerprint density at radius 2 is 1.96 bits per heavy atom. The van der Waals surface area contributed by atoms with Crippen LogP contribution in [0.15, 0.2) is 36.8 Å². The highest BCUT2D eigenvalue weighted by molar-refractivity contribution is 6.30. The number of nitrogens with zero attached hydrogens (tertiary/aromatic N) is 4. The van der Waals surface area contributed by atoms with Crippen molar-refractivity contribution in [1.29, 1.82) is 0 Å². The maximum Gasteiger partial charge on any atom is 0.223 e. The van der Waals surface area contributed by atoms with Crippen LogP contribution in [-0.4, -0.2) is 49.4 Å². The molecule has 0 aliphatic rings. The lowest BCUT2D eigenvalue weighted by Gasteiger charge is -2.14. The fourth-order valence-corrected chi connectivity index (χ4v) is 2.24. The van der Waals surface area contributed by atoms with Crippen molar-refractivity contribution < 1.29 is 10.2 Å². The zero-order valence-electron chi connectivity index (χ0n) is 12.5. The normalized spacial score (nSPS) is 11.0. The van der Waals surface area contributed by atoms with E-state index in [2.05, 4.69) is 30.6 Å². The van der Waals surface area contributed by atoms with Gasteiger partial charge in [0.25, 0.3) is 0 Å². The molecule has 124 valence electrons. The summed E-state index contributed by atoms with van der Waals surface area (Å²) in [4.78, 5) is 16.8. The van der Waals surface area contributed by atoms with Gasteiger partial charge in [0, 0.05) is 10.7 Å². The summed E-state index contributed by atoms with van der Waals surface area (Å²) in [5.41, 5.74) is 1.83. The van der Waals surface area contributed by atoms with Gasteiger partial charge in [-0.2, -0.15) is 0 Å². The molecule has 0 spiro atoms. The van der Waals surface area contributed by atoms with Crippen LogP contribution in [0.2, 0.25) is 5.02 Å². The van der Waals surface area contributed by atoms with E-state index in [9.17, 15) is 0 Å². The quantitative estimate of drug-likeness (QED) is 0.531. The maximum atomic E-state index is 9.15. The van der Waals surface area contributed by atoms with E-state index in [4.69, 9.17) is 21.8 Å².